The van der Waals surface area contributed by atoms with E-state index in [1.54, 1.807) is 0 Å². The molecule has 0 aromatic carbocycles. The highest BCUT2D eigenvalue weighted by Crippen LogP contribution is 2.12. The van der Waals surface area contributed by atoms with Gasteiger partial charge in [-0.15, -0.1) is 0 Å². The third kappa shape index (κ3) is 5.33. The molecular formula is C11H19NO5Si. The first-order valence-electron chi connectivity index (χ1n) is 5.68. The van der Waals surface area contributed by atoms with Gasteiger partial charge in [0.15, 0.2) is 6.79 Å². The van der Waals surface area contributed by atoms with Gasteiger partial charge in [0.1, 0.15) is 0 Å². The van der Waals surface area contributed by atoms with Crippen LogP contribution in [0.4, 0.5) is 0 Å². The first-order valence-corrected chi connectivity index (χ1v) is 9.38. The first kappa shape index (κ1) is 14.7. The van der Waals surface area contributed by atoms with Crippen molar-refractivity contribution in [1.82, 2.24) is 5.16 Å². The van der Waals surface area contributed by atoms with Crippen molar-refractivity contribution in [3.8, 4) is 5.88 Å². The van der Waals surface area contributed by atoms with Crippen LogP contribution >= 0.6 is 0 Å². The molecule has 6 nitrogen and oxygen atoms in total. The zero-order valence-electron chi connectivity index (χ0n) is 11.2. The summed E-state index contributed by atoms with van der Waals surface area (Å²) >= 11 is 0. The number of esters is 1. The maximum absolute atomic E-state index is 11.1. The van der Waals surface area contributed by atoms with E-state index in [0.29, 0.717) is 6.61 Å². The Hall–Kier alpha value is -1.34. The first-order chi connectivity index (χ1) is 8.42. The predicted molar refractivity (Wildman–Crippen MR) is 67.4 cm³/mol. The summed E-state index contributed by atoms with van der Waals surface area (Å²) in [5.41, 5.74) is 0. The average Bonchev–Trinajstić information content (AvgIpc) is 2.75. The minimum atomic E-state index is -1.08. The van der Waals surface area contributed by atoms with E-state index >= 15 is 0 Å². The van der Waals surface area contributed by atoms with Crippen LogP contribution in [0, 0.1) is 0 Å². The Morgan fingerprint density at radius 2 is 2.17 bits per heavy atom. The van der Waals surface area contributed by atoms with E-state index in [2.05, 4.69) is 29.5 Å². The molecule has 0 radical (unpaired) electrons. The van der Waals surface area contributed by atoms with Gasteiger partial charge in [0.2, 0.25) is 5.76 Å². The number of ether oxygens (including phenoxy) is 3. The zero-order chi connectivity index (χ0) is 13.6. The molecule has 0 saturated heterocycles. The molecule has 0 amide bonds. The second-order valence-corrected chi connectivity index (χ2v) is 10.6. The third-order valence-electron chi connectivity index (χ3n) is 2.16. The minimum absolute atomic E-state index is 0.00889. The van der Waals surface area contributed by atoms with E-state index in [1.807, 2.05) is 0 Å². The van der Waals surface area contributed by atoms with Crippen molar-refractivity contribution in [2.45, 2.75) is 25.7 Å². The largest absolute Gasteiger partial charge is 0.463 e. The normalized spacial score (nSPS) is 11.3. The summed E-state index contributed by atoms with van der Waals surface area (Å²) in [6.45, 7) is 7.58. The summed E-state index contributed by atoms with van der Waals surface area (Å²) in [6.07, 6.45) is 0. The molecule has 0 saturated carbocycles. The van der Waals surface area contributed by atoms with Gasteiger partial charge >= 0.3 is 5.97 Å². The second kappa shape index (κ2) is 6.55. The molecular weight excluding hydrogens is 254 g/mol. The smallest absolute Gasteiger partial charge is 0.377 e. The lowest BCUT2D eigenvalue weighted by atomic mass is 10.5. The van der Waals surface area contributed by atoms with Gasteiger partial charge in [0.25, 0.3) is 5.88 Å². The Balaban J connectivity index is 2.24. The van der Waals surface area contributed by atoms with Crippen LogP contribution in [0.3, 0.4) is 0 Å². The molecule has 1 aromatic heterocycles. The minimum Gasteiger partial charge on any atom is -0.463 e. The maximum atomic E-state index is 11.1. The Bertz CT molecular complexity index is 385. The van der Waals surface area contributed by atoms with Crippen LogP contribution in [0.1, 0.15) is 10.6 Å². The molecule has 0 bridgehead atoms. The van der Waals surface area contributed by atoms with Crippen LogP contribution in [0.25, 0.3) is 0 Å². The summed E-state index contributed by atoms with van der Waals surface area (Å²) in [6, 6.07) is 2.44. The maximum Gasteiger partial charge on any atom is 0.377 e. The molecule has 0 spiro atoms. The molecule has 0 unspecified atom stereocenters. The van der Waals surface area contributed by atoms with Gasteiger partial charge in [0, 0.05) is 14.7 Å². The van der Waals surface area contributed by atoms with E-state index < -0.39 is 14.0 Å². The number of carbonyl (C=O) groups is 1. The fourth-order valence-corrected chi connectivity index (χ4v) is 1.82. The lowest BCUT2D eigenvalue weighted by Gasteiger charge is -2.14. The van der Waals surface area contributed by atoms with E-state index in [4.69, 9.17) is 14.0 Å². The highest BCUT2D eigenvalue weighted by molar-refractivity contribution is 6.76. The topological polar surface area (TPSA) is 70.8 Å². The summed E-state index contributed by atoms with van der Waals surface area (Å²) in [7, 11) is 0.191. The second-order valence-electron chi connectivity index (χ2n) is 5.00. The van der Waals surface area contributed by atoms with Crippen molar-refractivity contribution in [1.29, 1.82) is 0 Å². The van der Waals surface area contributed by atoms with Crippen molar-refractivity contribution in [2.24, 2.45) is 0 Å². The van der Waals surface area contributed by atoms with Gasteiger partial charge in [0.05, 0.1) is 13.2 Å². The molecule has 0 N–H and O–H groups in total. The van der Waals surface area contributed by atoms with Gasteiger partial charge in [-0.25, -0.2) is 4.79 Å². The summed E-state index contributed by atoms with van der Waals surface area (Å²) in [5, 5.41) is 3.56. The Morgan fingerprint density at radius 1 is 1.44 bits per heavy atom. The quantitative estimate of drug-likeness (QED) is 0.328. The Kier molecular flexibility index (Phi) is 5.36. The number of aromatic nitrogens is 1. The van der Waals surface area contributed by atoms with Crippen LogP contribution in [0.5, 0.6) is 5.88 Å². The van der Waals surface area contributed by atoms with Crippen LogP contribution in [0.2, 0.25) is 25.7 Å². The van der Waals surface area contributed by atoms with Crippen molar-refractivity contribution in [3.05, 3.63) is 11.8 Å². The molecule has 0 aliphatic rings. The SMILES string of the molecule is COC(=O)c1cc(OCOCC[Si](C)(C)C)no1. The molecule has 0 fully saturated rings. The Labute approximate surface area is 107 Å². The zero-order valence-corrected chi connectivity index (χ0v) is 12.2. The van der Waals surface area contributed by atoms with Gasteiger partial charge in [-0.1, -0.05) is 19.6 Å². The number of hydrogen-bond donors (Lipinski definition) is 0. The molecule has 1 heterocycles. The fraction of sp³-hybridized carbons (Fsp3) is 0.636. The number of rotatable bonds is 7. The highest BCUT2D eigenvalue weighted by Gasteiger charge is 2.14. The van der Waals surface area contributed by atoms with E-state index in [0.717, 1.165) is 6.04 Å². The van der Waals surface area contributed by atoms with Crippen molar-refractivity contribution in [2.75, 3.05) is 20.5 Å². The van der Waals surface area contributed by atoms with Gasteiger partial charge in [-0.05, 0) is 11.2 Å². The van der Waals surface area contributed by atoms with Crippen LogP contribution < -0.4 is 4.74 Å². The van der Waals surface area contributed by atoms with E-state index in [1.165, 1.54) is 13.2 Å². The summed E-state index contributed by atoms with van der Waals surface area (Å²) in [5.74, 6) is -0.366. The number of nitrogens with zero attached hydrogens (tertiary/aromatic N) is 1. The van der Waals surface area contributed by atoms with Crippen molar-refractivity contribution >= 4 is 14.0 Å². The lowest BCUT2D eigenvalue weighted by molar-refractivity contribution is 0.0173. The van der Waals surface area contributed by atoms with Crippen LogP contribution in [-0.2, 0) is 9.47 Å². The molecule has 18 heavy (non-hydrogen) atoms. The molecule has 0 aliphatic heterocycles. The van der Waals surface area contributed by atoms with E-state index in [-0.39, 0.29) is 18.4 Å². The molecule has 0 aliphatic carbocycles. The molecule has 102 valence electrons. The molecule has 7 heteroatoms. The van der Waals surface area contributed by atoms with Gasteiger partial charge < -0.3 is 18.7 Å². The highest BCUT2D eigenvalue weighted by atomic mass is 28.3. The average molecular weight is 273 g/mol. The van der Waals surface area contributed by atoms with Crippen LogP contribution in [0.15, 0.2) is 10.6 Å². The lowest BCUT2D eigenvalue weighted by Crippen LogP contribution is -2.22. The number of methoxy groups -OCH3 is 1. The third-order valence-corrected chi connectivity index (χ3v) is 3.87. The number of carbonyl (C=O) groups excluding carboxylic acids is 1. The summed E-state index contributed by atoms with van der Waals surface area (Å²) in [4.78, 5) is 11.1. The fourth-order valence-electron chi connectivity index (χ4n) is 1.06. The molecule has 0 atom stereocenters. The number of hydrogen-bond acceptors (Lipinski definition) is 6. The van der Waals surface area contributed by atoms with Crippen molar-refractivity contribution in [3.63, 3.8) is 0 Å². The van der Waals surface area contributed by atoms with Gasteiger partial charge in [-0.2, -0.15) is 0 Å². The Morgan fingerprint density at radius 3 is 2.78 bits per heavy atom. The van der Waals surface area contributed by atoms with Gasteiger partial charge in [-0.3, -0.25) is 0 Å². The van der Waals surface area contributed by atoms with Crippen LogP contribution in [-0.4, -0.2) is 39.7 Å². The predicted octanol–water partition coefficient (Wildman–Crippen LogP) is 2.15. The van der Waals surface area contributed by atoms with E-state index in [9.17, 15) is 4.79 Å². The molecule has 1 aromatic rings. The monoisotopic (exact) mass is 273 g/mol. The standard InChI is InChI=1S/C11H19NO5Si/c1-14-11(13)9-7-10(12-17-9)16-8-15-5-6-18(2,3)4/h7H,5-6,8H2,1-4H3. The molecule has 1 rings (SSSR count). The van der Waals surface area contributed by atoms with Crippen molar-refractivity contribution < 1.29 is 23.5 Å². The summed E-state index contributed by atoms with van der Waals surface area (Å²) < 4.78 is 19.7.